The van der Waals surface area contributed by atoms with Crippen LogP contribution in [0.3, 0.4) is 0 Å². The van der Waals surface area contributed by atoms with Gasteiger partial charge in [0.05, 0.1) is 24.3 Å². The Hall–Kier alpha value is -2.77. The van der Waals surface area contributed by atoms with Crippen LogP contribution in [-0.2, 0) is 9.53 Å². The minimum atomic E-state index is -0.582. The molecule has 0 aliphatic carbocycles. The molecule has 0 spiro atoms. The van der Waals surface area contributed by atoms with Crippen molar-refractivity contribution in [2.24, 2.45) is 0 Å². The monoisotopic (exact) mass is 384 g/mol. The average molecular weight is 384 g/mol. The third-order valence-electron chi connectivity index (χ3n) is 5.59. The second-order valence-electron chi connectivity index (χ2n) is 7.03. The maximum absolute atomic E-state index is 14.2. The van der Waals surface area contributed by atoms with Gasteiger partial charge < -0.3 is 19.6 Å². The van der Waals surface area contributed by atoms with Crippen LogP contribution in [-0.4, -0.2) is 60.8 Å². The minimum absolute atomic E-state index is 0.0106. The van der Waals surface area contributed by atoms with Crippen LogP contribution >= 0.6 is 0 Å². The first-order valence-electron chi connectivity index (χ1n) is 9.14. The average Bonchev–Trinajstić information content (AvgIpc) is 2.68. The Bertz CT molecular complexity index is 919. The van der Waals surface area contributed by atoms with E-state index in [0.717, 1.165) is 5.56 Å². The van der Waals surface area contributed by atoms with Crippen molar-refractivity contribution in [1.82, 2.24) is 4.90 Å². The normalized spacial score (nSPS) is 22.9. The largest absolute Gasteiger partial charge is 0.394 e. The summed E-state index contributed by atoms with van der Waals surface area (Å²) in [5, 5.41) is 9.86. The number of aliphatic hydroxyl groups excluding tert-OH is 1. The first kappa shape index (κ1) is 18.6. The van der Waals surface area contributed by atoms with Crippen molar-refractivity contribution >= 4 is 17.5 Å². The zero-order chi connectivity index (χ0) is 19.8. The molecule has 3 atom stereocenters. The fraction of sp³-hybridized carbons (Fsp3) is 0.333. The van der Waals surface area contributed by atoms with Gasteiger partial charge in [-0.15, -0.1) is 0 Å². The Morgan fingerprint density at radius 3 is 2.61 bits per heavy atom. The number of amides is 2. The molecule has 2 aromatic carbocycles. The van der Waals surface area contributed by atoms with E-state index in [-0.39, 0.29) is 49.2 Å². The van der Waals surface area contributed by atoms with E-state index in [1.54, 1.807) is 11.0 Å². The number of carbonyl (C=O) groups is 2. The lowest BCUT2D eigenvalue weighted by Gasteiger charge is -2.58. The van der Waals surface area contributed by atoms with Crippen LogP contribution in [0.2, 0.25) is 0 Å². The molecule has 0 unspecified atom stereocenters. The molecule has 7 heteroatoms. The van der Waals surface area contributed by atoms with Crippen molar-refractivity contribution in [1.29, 1.82) is 0 Å². The number of aliphatic hydroxyl groups is 1. The van der Waals surface area contributed by atoms with Crippen LogP contribution in [0.5, 0.6) is 0 Å². The van der Waals surface area contributed by atoms with E-state index < -0.39 is 11.7 Å². The van der Waals surface area contributed by atoms with Gasteiger partial charge in [0.1, 0.15) is 12.4 Å². The predicted octanol–water partition coefficient (Wildman–Crippen LogP) is 1.79. The second kappa shape index (κ2) is 7.33. The van der Waals surface area contributed by atoms with Gasteiger partial charge in [-0.1, -0.05) is 30.3 Å². The SMILES string of the molecule is COCC(=O)N1[C@H](CO)[C@@H]2c3ccccc3N(C(=O)c3ccccc3F)C[C@@H]21. The number of methoxy groups -OCH3 is 1. The molecule has 1 saturated heterocycles. The van der Waals surface area contributed by atoms with Crippen LogP contribution in [0.15, 0.2) is 48.5 Å². The number of hydrogen-bond donors (Lipinski definition) is 1. The highest BCUT2D eigenvalue weighted by atomic mass is 19.1. The topological polar surface area (TPSA) is 70.1 Å². The quantitative estimate of drug-likeness (QED) is 0.873. The zero-order valence-electron chi connectivity index (χ0n) is 15.4. The Balaban J connectivity index is 1.74. The highest BCUT2D eigenvalue weighted by molar-refractivity contribution is 6.07. The fourth-order valence-electron chi connectivity index (χ4n) is 4.41. The van der Waals surface area contributed by atoms with Gasteiger partial charge in [-0.25, -0.2) is 4.39 Å². The molecule has 6 nitrogen and oxygen atoms in total. The molecule has 2 aliphatic rings. The highest BCUT2D eigenvalue weighted by Crippen LogP contribution is 2.48. The van der Waals surface area contributed by atoms with Gasteiger partial charge in [-0.05, 0) is 23.8 Å². The van der Waals surface area contributed by atoms with Crippen molar-refractivity contribution in [3.8, 4) is 0 Å². The first-order valence-corrected chi connectivity index (χ1v) is 9.14. The molecule has 0 radical (unpaired) electrons. The number of halogens is 1. The molecule has 1 N–H and O–H groups in total. The lowest BCUT2D eigenvalue weighted by Crippen LogP contribution is -2.71. The van der Waals surface area contributed by atoms with Crippen molar-refractivity contribution < 1.29 is 23.8 Å². The fourth-order valence-corrected chi connectivity index (χ4v) is 4.41. The summed E-state index contributed by atoms with van der Waals surface area (Å²) >= 11 is 0. The van der Waals surface area contributed by atoms with E-state index in [4.69, 9.17) is 4.74 Å². The number of para-hydroxylation sites is 1. The lowest BCUT2D eigenvalue weighted by atomic mass is 9.71. The van der Waals surface area contributed by atoms with Crippen LogP contribution in [0.1, 0.15) is 21.8 Å². The molecule has 2 amide bonds. The summed E-state index contributed by atoms with van der Waals surface area (Å²) in [5.41, 5.74) is 1.56. The minimum Gasteiger partial charge on any atom is -0.394 e. The number of fused-ring (bicyclic) bond motifs is 3. The standard InChI is InChI=1S/C21H21FN2O4/c1-28-12-19(26)24-17-10-23(21(27)13-6-2-4-8-15(13)22)16-9-5-3-7-14(16)20(17)18(24)11-25/h2-9,17-18,20,25H,10-12H2,1H3/t17-,18+,20+/m0/s1. The Morgan fingerprint density at radius 1 is 1.18 bits per heavy atom. The molecule has 0 aromatic heterocycles. The van der Waals surface area contributed by atoms with Crippen LogP contribution in [0.25, 0.3) is 0 Å². The van der Waals surface area contributed by atoms with Gasteiger partial charge in [-0.2, -0.15) is 0 Å². The maximum atomic E-state index is 14.2. The molecule has 2 heterocycles. The third kappa shape index (κ3) is 2.78. The molecule has 2 aliphatic heterocycles. The number of hydrogen-bond acceptors (Lipinski definition) is 4. The summed E-state index contributed by atoms with van der Waals surface area (Å²) in [4.78, 5) is 28.7. The van der Waals surface area contributed by atoms with Crippen molar-refractivity contribution in [2.45, 2.75) is 18.0 Å². The number of carbonyl (C=O) groups excluding carboxylic acids is 2. The van der Waals surface area contributed by atoms with E-state index in [1.165, 1.54) is 30.2 Å². The van der Waals surface area contributed by atoms with E-state index in [9.17, 15) is 19.1 Å². The highest BCUT2D eigenvalue weighted by Gasteiger charge is 2.55. The van der Waals surface area contributed by atoms with E-state index >= 15 is 0 Å². The number of anilines is 1. The number of ether oxygens (including phenoxy) is 1. The molecule has 4 rings (SSSR count). The molecule has 28 heavy (non-hydrogen) atoms. The predicted molar refractivity (Wildman–Crippen MR) is 101 cm³/mol. The Labute approximate surface area is 162 Å². The Kier molecular flexibility index (Phi) is 4.87. The van der Waals surface area contributed by atoms with Crippen LogP contribution < -0.4 is 4.90 Å². The molecule has 146 valence electrons. The zero-order valence-corrected chi connectivity index (χ0v) is 15.4. The van der Waals surface area contributed by atoms with Gasteiger partial charge in [0.25, 0.3) is 5.91 Å². The molecule has 2 aromatic rings. The lowest BCUT2D eigenvalue weighted by molar-refractivity contribution is -0.154. The van der Waals surface area contributed by atoms with Gasteiger partial charge >= 0.3 is 0 Å². The summed E-state index contributed by atoms with van der Waals surface area (Å²) < 4.78 is 19.2. The van der Waals surface area contributed by atoms with Crippen LogP contribution in [0, 0.1) is 5.82 Å². The van der Waals surface area contributed by atoms with E-state index in [1.807, 2.05) is 24.3 Å². The van der Waals surface area contributed by atoms with Crippen molar-refractivity contribution in [2.75, 3.05) is 31.8 Å². The van der Waals surface area contributed by atoms with E-state index in [2.05, 4.69) is 0 Å². The molecular weight excluding hydrogens is 363 g/mol. The smallest absolute Gasteiger partial charge is 0.261 e. The van der Waals surface area contributed by atoms with E-state index in [0.29, 0.717) is 5.69 Å². The summed E-state index contributed by atoms with van der Waals surface area (Å²) in [6.45, 7) is -0.0321. The van der Waals surface area contributed by atoms with Gasteiger partial charge in [0.2, 0.25) is 5.91 Å². The Morgan fingerprint density at radius 2 is 1.89 bits per heavy atom. The van der Waals surface area contributed by atoms with Gasteiger partial charge in [-0.3, -0.25) is 9.59 Å². The summed E-state index contributed by atoms with van der Waals surface area (Å²) in [6, 6.07) is 12.6. The van der Waals surface area contributed by atoms with Gasteiger partial charge in [0.15, 0.2) is 0 Å². The first-order chi connectivity index (χ1) is 13.6. The van der Waals surface area contributed by atoms with Crippen LogP contribution in [0.4, 0.5) is 10.1 Å². The second-order valence-corrected chi connectivity index (χ2v) is 7.03. The third-order valence-corrected chi connectivity index (χ3v) is 5.59. The summed E-state index contributed by atoms with van der Waals surface area (Å²) in [6.07, 6.45) is 0. The summed E-state index contributed by atoms with van der Waals surface area (Å²) in [5.74, 6) is -1.34. The molecule has 0 bridgehead atoms. The number of likely N-dealkylation sites (tertiary alicyclic amines) is 1. The summed E-state index contributed by atoms with van der Waals surface area (Å²) in [7, 11) is 1.44. The number of benzene rings is 2. The molecule has 0 saturated carbocycles. The number of nitrogens with zero attached hydrogens (tertiary/aromatic N) is 2. The number of rotatable bonds is 4. The van der Waals surface area contributed by atoms with Crippen molar-refractivity contribution in [3.63, 3.8) is 0 Å². The van der Waals surface area contributed by atoms with Gasteiger partial charge in [0, 0.05) is 25.3 Å². The maximum Gasteiger partial charge on any atom is 0.261 e. The molecule has 1 fully saturated rings. The van der Waals surface area contributed by atoms with Crippen molar-refractivity contribution in [3.05, 3.63) is 65.5 Å². The molecular formula is C21H21FN2O4.